The highest BCUT2D eigenvalue weighted by molar-refractivity contribution is 5.11. The largest absolute Gasteiger partial charge is 0.369 e. The van der Waals surface area contributed by atoms with E-state index in [1.165, 1.54) is 6.42 Å². The Morgan fingerprint density at radius 1 is 0.800 bits per heavy atom. The molecule has 0 aromatic rings. The van der Waals surface area contributed by atoms with E-state index in [4.69, 9.17) is 10.5 Å². The molecule has 1 saturated heterocycles. The van der Waals surface area contributed by atoms with E-state index in [1.807, 2.05) is 0 Å². The average Bonchev–Trinajstić information content (AvgIpc) is 2.27. The maximum atomic E-state index is 7.03. The summed E-state index contributed by atoms with van der Waals surface area (Å²) < 4.78 is 6.32. The second-order valence-electron chi connectivity index (χ2n) is 10.3. The van der Waals surface area contributed by atoms with E-state index in [9.17, 15) is 0 Å². The summed E-state index contributed by atoms with van der Waals surface area (Å²) in [7, 11) is 0. The lowest BCUT2D eigenvalue weighted by atomic mass is 9.53. The fourth-order valence-corrected chi connectivity index (χ4v) is 5.97. The lowest BCUT2D eigenvalue weighted by Gasteiger charge is -2.54. The van der Waals surface area contributed by atoms with Crippen molar-refractivity contribution in [1.82, 2.24) is 0 Å². The van der Waals surface area contributed by atoms with Gasteiger partial charge in [-0.25, -0.2) is 0 Å². The van der Waals surface area contributed by atoms with Gasteiger partial charge in [0.15, 0.2) is 0 Å². The van der Waals surface area contributed by atoms with Gasteiger partial charge in [0.05, 0.1) is 11.2 Å². The summed E-state index contributed by atoms with van der Waals surface area (Å²) in [5.41, 5.74) is 7.39. The van der Waals surface area contributed by atoms with Crippen LogP contribution in [0.3, 0.4) is 0 Å². The second-order valence-corrected chi connectivity index (χ2v) is 10.3. The minimum atomic E-state index is -0.123. The predicted octanol–water partition coefficient (Wildman–Crippen LogP) is 4.51. The van der Waals surface area contributed by atoms with Crippen LogP contribution in [-0.4, -0.2) is 16.7 Å². The Labute approximate surface area is 125 Å². The summed E-state index contributed by atoms with van der Waals surface area (Å²) in [6, 6.07) is 0. The summed E-state index contributed by atoms with van der Waals surface area (Å²) in [6.45, 7) is 18.4. The Hall–Kier alpha value is -0.0800. The number of nitrogens with two attached hydrogens (primary N) is 1. The molecule has 1 heterocycles. The molecule has 0 aromatic carbocycles. The number of rotatable bonds is 1. The fraction of sp³-hybridized carbons (Fsp3) is 1.00. The van der Waals surface area contributed by atoms with Crippen molar-refractivity contribution in [3.05, 3.63) is 0 Å². The molecule has 0 aromatic heterocycles. The van der Waals surface area contributed by atoms with Crippen LogP contribution in [-0.2, 0) is 4.74 Å². The molecule has 1 saturated carbocycles. The molecule has 0 amide bonds. The van der Waals surface area contributed by atoms with Gasteiger partial charge < -0.3 is 10.5 Å². The molecule has 1 aliphatic heterocycles. The van der Waals surface area contributed by atoms with Crippen LogP contribution < -0.4 is 5.73 Å². The van der Waals surface area contributed by atoms with Crippen molar-refractivity contribution in [3.63, 3.8) is 0 Å². The van der Waals surface area contributed by atoms with Crippen molar-refractivity contribution >= 4 is 0 Å². The molecular formula is C18H35NO. The van der Waals surface area contributed by atoms with Crippen LogP contribution in [0.2, 0.25) is 0 Å². The van der Waals surface area contributed by atoms with Gasteiger partial charge in [-0.1, -0.05) is 27.7 Å². The normalized spacial score (nSPS) is 36.8. The molecule has 2 fully saturated rings. The first-order valence-electron chi connectivity index (χ1n) is 8.16. The number of hydrogen-bond donors (Lipinski definition) is 1. The van der Waals surface area contributed by atoms with Gasteiger partial charge in [-0.2, -0.15) is 0 Å². The average molecular weight is 281 g/mol. The maximum Gasteiger partial charge on any atom is 0.0680 e. The molecule has 0 bridgehead atoms. The quantitative estimate of drug-likeness (QED) is 0.767. The summed E-state index contributed by atoms with van der Waals surface area (Å²) >= 11 is 0. The molecule has 20 heavy (non-hydrogen) atoms. The van der Waals surface area contributed by atoms with Crippen molar-refractivity contribution in [3.8, 4) is 0 Å². The summed E-state index contributed by atoms with van der Waals surface area (Å²) in [6.07, 6.45) is 4.55. The zero-order valence-corrected chi connectivity index (χ0v) is 14.9. The number of hydrogen-bond acceptors (Lipinski definition) is 2. The summed E-state index contributed by atoms with van der Waals surface area (Å²) in [4.78, 5) is 0. The van der Waals surface area contributed by atoms with E-state index in [0.29, 0.717) is 16.7 Å². The minimum absolute atomic E-state index is 0.0493. The van der Waals surface area contributed by atoms with Crippen LogP contribution in [0.5, 0.6) is 0 Å². The van der Waals surface area contributed by atoms with Gasteiger partial charge in [-0.3, -0.25) is 0 Å². The van der Waals surface area contributed by atoms with Crippen LogP contribution in [0.25, 0.3) is 0 Å². The molecule has 118 valence electrons. The van der Waals surface area contributed by atoms with Crippen LogP contribution in [0.1, 0.15) is 81.1 Å². The SMILES string of the molecule is CC1(C)CC(C)(C)CC(N)(C2CC(C)(C)OC2(C)C)C1. The second kappa shape index (κ2) is 4.23. The number of ether oxygens (including phenoxy) is 1. The van der Waals surface area contributed by atoms with Crippen molar-refractivity contribution in [2.75, 3.05) is 0 Å². The van der Waals surface area contributed by atoms with E-state index >= 15 is 0 Å². The molecule has 2 rings (SSSR count). The third kappa shape index (κ3) is 3.06. The summed E-state index contributed by atoms with van der Waals surface area (Å²) in [5, 5.41) is 0. The van der Waals surface area contributed by atoms with Crippen molar-refractivity contribution in [1.29, 1.82) is 0 Å². The van der Waals surface area contributed by atoms with Gasteiger partial charge in [0.1, 0.15) is 0 Å². The van der Waals surface area contributed by atoms with Gasteiger partial charge in [-0.15, -0.1) is 0 Å². The summed E-state index contributed by atoms with van der Waals surface area (Å²) in [5.74, 6) is 0.434. The van der Waals surface area contributed by atoms with Crippen molar-refractivity contribution in [2.45, 2.75) is 97.8 Å². The predicted molar refractivity (Wildman–Crippen MR) is 85.7 cm³/mol. The first-order valence-corrected chi connectivity index (χ1v) is 8.16. The van der Waals surface area contributed by atoms with Gasteiger partial charge in [-0.05, 0) is 64.2 Å². The van der Waals surface area contributed by atoms with Crippen LogP contribution in [0.4, 0.5) is 0 Å². The van der Waals surface area contributed by atoms with E-state index in [2.05, 4.69) is 55.4 Å². The molecule has 1 unspecified atom stereocenters. The molecule has 2 nitrogen and oxygen atoms in total. The lowest BCUT2D eigenvalue weighted by Crippen LogP contribution is -2.60. The van der Waals surface area contributed by atoms with Crippen molar-refractivity contribution < 1.29 is 4.74 Å². The molecule has 1 aliphatic carbocycles. The smallest absolute Gasteiger partial charge is 0.0680 e. The molecular weight excluding hydrogens is 246 g/mol. The van der Waals surface area contributed by atoms with Gasteiger partial charge >= 0.3 is 0 Å². The Balaban J connectivity index is 2.35. The third-order valence-corrected chi connectivity index (χ3v) is 5.34. The standard InChI is InChI=1S/C18H35NO/c1-14(2)10-15(3,4)12-18(19,11-14)13-9-16(5,6)20-17(13,7)8/h13H,9-12,19H2,1-8H3. The van der Waals surface area contributed by atoms with Crippen molar-refractivity contribution in [2.24, 2.45) is 22.5 Å². The molecule has 2 N–H and O–H groups in total. The maximum absolute atomic E-state index is 7.03. The highest BCUT2D eigenvalue weighted by Crippen LogP contribution is 2.57. The fourth-order valence-electron chi connectivity index (χ4n) is 5.97. The van der Waals surface area contributed by atoms with Gasteiger partial charge in [0, 0.05) is 11.5 Å². The zero-order valence-electron chi connectivity index (χ0n) is 14.9. The molecule has 1 atom stereocenters. The first-order chi connectivity index (χ1) is 8.67. The van der Waals surface area contributed by atoms with E-state index in [1.54, 1.807) is 0 Å². The monoisotopic (exact) mass is 281 g/mol. The minimum Gasteiger partial charge on any atom is -0.369 e. The topological polar surface area (TPSA) is 35.2 Å². The van der Waals surface area contributed by atoms with Gasteiger partial charge in [0.25, 0.3) is 0 Å². The molecule has 0 radical (unpaired) electrons. The van der Waals surface area contributed by atoms with E-state index in [0.717, 1.165) is 19.3 Å². The van der Waals surface area contributed by atoms with Crippen LogP contribution >= 0.6 is 0 Å². The highest BCUT2D eigenvalue weighted by atomic mass is 16.5. The molecule has 0 spiro atoms. The van der Waals surface area contributed by atoms with Crippen LogP contribution in [0.15, 0.2) is 0 Å². The van der Waals surface area contributed by atoms with Crippen LogP contribution in [0, 0.1) is 16.7 Å². The Kier molecular flexibility index (Phi) is 3.44. The highest BCUT2D eigenvalue weighted by Gasteiger charge is 2.58. The Morgan fingerprint density at radius 3 is 1.60 bits per heavy atom. The Bertz CT molecular complexity index is 376. The molecule has 2 heteroatoms. The Morgan fingerprint density at radius 2 is 1.25 bits per heavy atom. The third-order valence-electron chi connectivity index (χ3n) is 5.34. The first kappa shape index (κ1) is 16.3. The van der Waals surface area contributed by atoms with E-state index < -0.39 is 0 Å². The van der Waals surface area contributed by atoms with Gasteiger partial charge in [0.2, 0.25) is 0 Å². The lowest BCUT2D eigenvalue weighted by molar-refractivity contribution is -0.0928. The molecule has 2 aliphatic rings. The van der Waals surface area contributed by atoms with E-state index in [-0.39, 0.29) is 16.7 Å². The zero-order chi connectivity index (χ0) is 15.6.